The first-order valence-corrected chi connectivity index (χ1v) is 6.70. The summed E-state index contributed by atoms with van der Waals surface area (Å²) >= 11 is 0. The lowest BCUT2D eigenvalue weighted by molar-refractivity contribution is 0.279. The summed E-state index contributed by atoms with van der Waals surface area (Å²) in [5, 5.41) is 12.3. The van der Waals surface area contributed by atoms with E-state index in [2.05, 4.69) is 20.5 Å². The van der Waals surface area contributed by atoms with E-state index in [0.29, 0.717) is 17.4 Å². The number of H-pyrrole nitrogens is 1. The van der Waals surface area contributed by atoms with Crippen molar-refractivity contribution in [3.05, 3.63) is 34.8 Å². The predicted molar refractivity (Wildman–Crippen MR) is 75.7 cm³/mol. The van der Waals surface area contributed by atoms with Crippen LogP contribution >= 0.6 is 0 Å². The first-order valence-electron chi connectivity index (χ1n) is 7.15. The molecular formula is C12H16N8O2. The van der Waals surface area contributed by atoms with Crippen molar-refractivity contribution < 1.29 is 6.15 Å². The highest BCUT2D eigenvalue weighted by molar-refractivity contribution is 5.28. The van der Waals surface area contributed by atoms with Crippen molar-refractivity contribution in [2.45, 2.75) is 26.5 Å². The lowest BCUT2D eigenvalue weighted by atomic mass is 10.3. The van der Waals surface area contributed by atoms with E-state index in [9.17, 15) is 4.79 Å². The summed E-state index contributed by atoms with van der Waals surface area (Å²) in [6.07, 6.45) is 3.09. The van der Waals surface area contributed by atoms with Crippen LogP contribution in [-0.4, -0.2) is 39.5 Å². The molecule has 0 spiro atoms. The molecule has 0 aromatic carbocycles. The van der Waals surface area contributed by atoms with Gasteiger partial charge in [0.25, 0.3) is 0 Å². The summed E-state index contributed by atoms with van der Waals surface area (Å²) in [4.78, 5) is 16.3. The van der Waals surface area contributed by atoms with Crippen molar-refractivity contribution in [3.8, 4) is 11.7 Å². The molecule has 10 heteroatoms. The molecule has 3 rings (SSSR count). The molecule has 0 bridgehead atoms. The molecule has 0 saturated heterocycles. The van der Waals surface area contributed by atoms with Gasteiger partial charge in [0.2, 0.25) is 5.88 Å². The average Bonchev–Trinajstić information content (AvgIpc) is 3.18. The Kier molecular flexibility index (Phi) is 3.18. The molecule has 10 nitrogen and oxygen atoms in total. The molecule has 0 amide bonds. The summed E-state index contributed by atoms with van der Waals surface area (Å²) in [5.41, 5.74) is 0.276. The van der Waals surface area contributed by atoms with Crippen LogP contribution in [0.4, 0.5) is 0 Å². The van der Waals surface area contributed by atoms with E-state index in [1.54, 1.807) is 12.4 Å². The number of nitrogens with zero attached hydrogens (tertiary/aromatic N) is 7. The third-order valence-corrected chi connectivity index (χ3v) is 3.15. The number of nitrogens with one attached hydrogen (secondary N) is 1. The molecule has 0 fully saturated rings. The van der Waals surface area contributed by atoms with Crippen molar-refractivity contribution in [1.29, 1.82) is 0 Å². The second kappa shape index (κ2) is 5.47. The SMILES string of the molecule is [3H]n1ccc(OCc2c(-n3nnn(C)c3=O)ncn2C(C)C)n1. The van der Waals surface area contributed by atoms with Crippen molar-refractivity contribution in [3.63, 3.8) is 0 Å². The van der Waals surface area contributed by atoms with Gasteiger partial charge in [-0.2, -0.15) is 4.68 Å². The van der Waals surface area contributed by atoms with Crippen LogP contribution in [0.2, 0.25) is 1.41 Å². The fourth-order valence-electron chi connectivity index (χ4n) is 2.02. The molecule has 3 heterocycles. The number of hydrogen-bond acceptors (Lipinski definition) is 6. The Labute approximate surface area is 126 Å². The lowest BCUT2D eigenvalue weighted by Gasteiger charge is -2.12. The van der Waals surface area contributed by atoms with Crippen LogP contribution in [0.25, 0.3) is 5.82 Å². The van der Waals surface area contributed by atoms with Gasteiger partial charge in [-0.1, -0.05) is 0 Å². The fourth-order valence-corrected chi connectivity index (χ4v) is 2.02. The van der Waals surface area contributed by atoms with Crippen LogP contribution in [0.15, 0.2) is 23.4 Å². The predicted octanol–water partition coefficient (Wildman–Crippen LogP) is 0.0455. The molecule has 0 aliphatic carbocycles. The van der Waals surface area contributed by atoms with E-state index in [0.717, 1.165) is 14.5 Å². The van der Waals surface area contributed by atoms with E-state index >= 15 is 0 Å². The highest BCUT2D eigenvalue weighted by Gasteiger charge is 2.19. The molecule has 0 atom stereocenters. The number of tetrazole rings is 1. The van der Waals surface area contributed by atoms with Crippen LogP contribution in [-0.2, 0) is 13.7 Å². The normalized spacial score (nSPS) is 11.9. The number of ether oxygens (including phenoxy) is 1. The van der Waals surface area contributed by atoms with Gasteiger partial charge >= 0.3 is 5.69 Å². The Bertz CT molecular complexity index is 874. The molecule has 3 aromatic heterocycles. The zero-order valence-electron chi connectivity index (χ0n) is 13.4. The molecule has 0 radical (unpaired) electrons. The van der Waals surface area contributed by atoms with Crippen molar-refractivity contribution in [2.75, 3.05) is 0 Å². The van der Waals surface area contributed by atoms with Gasteiger partial charge in [-0.3, -0.25) is 5.09 Å². The van der Waals surface area contributed by atoms with Crippen molar-refractivity contribution >= 4 is 0 Å². The number of aryl methyl sites for hydroxylation is 1. The zero-order valence-corrected chi connectivity index (χ0v) is 12.4. The van der Waals surface area contributed by atoms with Crippen molar-refractivity contribution in [1.82, 2.24) is 39.5 Å². The minimum Gasteiger partial charge on any atom is -0.470 e. The molecule has 116 valence electrons. The van der Waals surface area contributed by atoms with Gasteiger partial charge in [0.05, 0.1) is 6.33 Å². The third-order valence-electron chi connectivity index (χ3n) is 3.15. The number of rotatable bonds is 5. The first-order chi connectivity index (χ1) is 11.0. The smallest absolute Gasteiger partial charge is 0.369 e. The Balaban J connectivity index is 1.97. The number of hydrogen-bond donors (Lipinski definition) is 1. The fraction of sp³-hybridized carbons (Fsp3) is 0.417. The average molecular weight is 306 g/mol. The Morgan fingerprint density at radius 1 is 1.45 bits per heavy atom. The number of aromatic amines is 1. The second-order valence-electron chi connectivity index (χ2n) is 4.97. The van der Waals surface area contributed by atoms with Gasteiger partial charge in [0.1, 0.15) is 12.3 Å². The van der Waals surface area contributed by atoms with Crippen LogP contribution in [0, 0.1) is 0 Å². The van der Waals surface area contributed by atoms with Gasteiger partial charge in [0, 0.05) is 25.4 Å². The largest absolute Gasteiger partial charge is 0.470 e. The van der Waals surface area contributed by atoms with E-state index in [1.807, 2.05) is 18.4 Å². The highest BCUT2D eigenvalue weighted by Crippen LogP contribution is 2.18. The minimum absolute atomic E-state index is 0.121. The van der Waals surface area contributed by atoms with Gasteiger partial charge in [-0.25, -0.2) is 9.78 Å². The summed E-state index contributed by atoms with van der Waals surface area (Å²) in [7, 11) is 1.52. The van der Waals surface area contributed by atoms with Gasteiger partial charge in [-0.15, -0.1) is 9.78 Å². The van der Waals surface area contributed by atoms with E-state index in [-0.39, 0.29) is 12.6 Å². The monoisotopic (exact) mass is 306 g/mol. The summed E-state index contributed by atoms with van der Waals surface area (Å²) in [6.45, 7) is 4.12. The summed E-state index contributed by atoms with van der Waals surface area (Å²) in [6, 6.07) is 1.70. The van der Waals surface area contributed by atoms with E-state index in [1.165, 1.54) is 13.2 Å². The van der Waals surface area contributed by atoms with Gasteiger partial charge < -0.3 is 9.30 Å². The molecule has 1 N–H and O–H groups in total. The Hall–Kier alpha value is -2.91. The van der Waals surface area contributed by atoms with Crippen LogP contribution in [0.3, 0.4) is 0 Å². The van der Waals surface area contributed by atoms with E-state index < -0.39 is 5.69 Å². The van der Waals surface area contributed by atoms with E-state index in [4.69, 9.17) is 6.15 Å². The molecule has 0 aliphatic rings. The van der Waals surface area contributed by atoms with Gasteiger partial charge in [-0.05, 0) is 24.3 Å². The minimum atomic E-state index is -0.393. The maximum absolute atomic E-state index is 12.0. The standard InChI is InChI=1S/C12H16N8O2/c1-8(2)19-7-13-11(20-12(21)18(3)16-17-20)9(19)6-22-10-4-5-14-15-10/h4-5,7-8H,6H2,1-3H3,(H,14,15)/i/hT. The number of imidazole rings is 1. The Morgan fingerprint density at radius 3 is 2.86 bits per heavy atom. The molecule has 22 heavy (non-hydrogen) atoms. The lowest BCUT2D eigenvalue weighted by Crippen LogP contribution is -2.23. The first kappa shape index (κ1) is 12.8. The van der Waals surface area contributed by atoms with Crippen LogP contribution < -0.4 is 10.4 Å². The number of aromatic nitrogens is 8. The van der Waals surface area contributed by atoms with Crippen LogP contribution in [0.5, 0.6) is 5.88 Å². The topological polar surface area (TPSA) is 108 Å². The molecule has 0 aliphatic heterocycles. The molecule has 3 aromatic rings. The highest BCUT2D eigenvalue weighted by atomic mass is 16.5. The van der Waals surface area contributed by atoms with Crippen molar-refractivity contribution in [2.24, 2.45) is 7.05 Å². The molecular weight excluding hydrogens is 288 g/mol. The van der Waals surface area contributed by atoms with Crippen LogP contribution in [0.1, 0.15) is 25.6 Å². The molecule has 0 unspecified atom stereocenters. The second-order valence-corrected chi connectivity index (χ2v) is 4.97. The Morgan fingerprint density at radius 2 is 2.27 bits per heavy atom. The summed E-state index contributed by atoms with van der Waals surface area (Å²) < 4.78 is 17.1. The third kappa shape index (κ3) is 2.38. The van der Waals surface area contributed by atoms with Gasteiger partial charge in [0.15, 0.2) is 7.23 Å². The maximum Gasteiger partial charge on any atom is 0.369 e. The quantitative estimate of drug-likeness (QED) is 0.713. The zero-order chi connectivity index (χ0) is 16.6. The maximum atomic E-state index is 12.0. The molecule has 0 saturated carbocycles. The summed E-state index contributed by atoms with van der Waals surface area (Å²) in [5.74, 6) is 0.677.